The van der Waals surface area contributed by atoms with E-state index < -0.39 is 0 Å². The summed E-state index contributed by atoms with van der Waals surface area (Å²) in [7, 11) is 0. The Morgan fingerprint density at radius 1 is 0.909 bits per heavy atom. The van der Waals surface area contributed by atoms with E-state index in [1.165, 1.54) is 25.0 Å². The van der Waals surface area contributed by atoms with E-state index in [9.17, 15) is 0 Å². The minimum absolute atomic E-state index is 0.706. The van der Waals surface area contributed by atoms with Crippen LogP contribution in [0.25, 0.3) is 0 Å². The Balaban J connectivity index is 1.54. The third-order valence-electron chi connectivity index (χ3n) is 8.80. The summed E-state index contributed by atoms with van der Waals surface area (Å²) in [6.45, 7) is 7.71. The summed E-state index contributed by atoms with van der Waals surface area (Å²) in [5, 5.41) is 0.986. The minimum atomic E-state index is 0.706. The summed E-state index contributed by atoms with van der Waals surface area (Å²) in [5.41, 5.74) is 1.44. The maximum atomic E-state index is 2.72. The zero-order valence-corrected chi connectivity index (χ0v) is 15.9. The van der Waals surface area contributed by atoms with E-state index in [0.717, 1.165) is 34.3 Å². The van der Waals surface area contributed by atoms with Crippen molar-refractivity contribution >= 4 is 11.8 Å². The second-order valence-corrected chi connectivity index (χ2v) is 11.2. The average molecular weight is 321 g/mol. The SMILES string of the molecule is CCSC1CC[C@@]2(C)[C@@H](CC[C@H]3[C@@H]4CCC[C@@]4(C)CC[C@@H]32)C1. The van der Waals surface area contributed by atoms with Gasteiger partial charge in [-0.15, -0.1) is 0 Å². The third kappa shape index (κ3) is 2.32. The van der Waals surface area contributed by atoms with E-state index in [1.807, 2.05) is 0 Å². The molecule has 0 aromatic rings. The summed E-state index contributed by atoms with van der Waals surface area (Å²) in [5.74, 6) is 5.64. The fourth-order valence-electron chi connectivity index (χ4n) is 7.60. The van der Waals surface area contributed by atoms with Crippen molar-refractivity contribution in [3.8, 4) is 0 Å². The van der Waals surface area contributed by atoms with Crippen molar-refractivity contribution in [2.75, 3.05) is 5.75 Å². The fourth-order valence-corrected chi connectivity index (χ4v) is 8.72. The molecule has 4 saturated carbocycles. The monoisotopic (exact) mass is 320 g/mol. The first-order chi connectivity index (χ1) is 10.6. The van der Waals surface area contributed by atoms with Crippen LogP contribution in [0.1, 0.15) is 85.0 Å². The van der Waals surface area contributed by atoms with Crippen LogP contribution in [0.4, 0.5) is 0 Å². The molecule has 0 aromatic carbocycles. The van der Waals surface area contributed by atoms with E-state index in [4.69, 9.17) is 0 Å². The average Bonchev–Trinajstić information content (AvgIpc) is 2.89. The van der Waals surface area contributed by atoms with Gasteiger partial charge in [0.05, 0.1) is 0 Å². The molecule has 1 heteroatoms. The van der Waals surface area contributed by atoms with Crippen LogP contribution in [0.5, 0.6) is 0 Å². The summed E-state index contributed by atoms with van der Waals surface area (Å²) < 4.78 is 0. The van der Waals surface area contributed by atoms with E-state index in [-0.39, 0.29) is 0 Å². The van der Waals surface area contributed by atoms with Crippen molar-refractivity contribution in [3.05, 3.63) is 0 Å². The van der Waals surface area contributed by atoms with Gasteiger partial charge in [0.25, 0.3) is 0 Å². The minimum Gasteiger partial charge on any atom is -0.159 e. The zero-order chi connectivity index (χ0) is 15.4. The second-order valence-electron chi connectivity index (χ2n) is 9.59. The lowest BCUT2D eigenvalue weighted by Crippen LogP contribution is -2.52. The molecular weight excluding hydrogens is 284 g/mol. The van der Waals surface area contributed by atoms with Gasteiger partial charge < -0.3 is 0 Å². The topological polar surface area (TPSA) is 0 Å². The molecular formula is C21H36S. The van der Waals surface area contributed by atoms with E-state index >= 15 is 0 Å². The van der Waals surface area contributed by atoms with Gasteiger partial charge in [-0.05, 0) is 98.0 Å². The normalized spacial score (nSPS) is 54.4. The van der Waals surface area contributed by atoms with Crippen LogP contribution < -0.4 is 0 Å². The lowest BCUT2D eigenvalue weighted by Gasteiger charge is -2.60. The van der Waals surface area contributed by atoms with Crippen LogP contribution in [0, 0.1) is 34.5 Å². The van der Waals surface area contributed by atoms with Gasteiger partial charge in [0.15, 0.2) is 0 Å². The maximum absolute atomic E-state index is 2.72. The molecule has 4 aliphatic rings. The highest BCUT2D eigenvalue weighted by atomic mass is 32.2. The predicted molar refractivity (Wildman–Crippen MR) is 98.3 cm³/mol. The van der Waals surface area contributed by atoms with Gasteiger partial charge in [-0.3, -0.25) is 0 Å². The van der Waals surface area contributed by atoms with Crippen LogP contribution in [0.3, 0.4) is 0 Å². The van der Waals surface area contributed by atoms with Gasteiger partial charge in [-0.2, -0.15) is 11.8 Å². The zero-order valence-electron chi connectivity index (χ0n) is 15.1. The van der Waals surface area contributed by atoms with E-state index in [2.05, 4.69) is 32.5 Å². The molecule has 0 saturated heterocycles. The highest BCUT2D eigenvalue weighted by molar-refractivity contribution is 7.99. The molecule has 22 heavy (non-hydrogen) atoms. The van der Waals surface area contributed by atoms with Crippen molar-refractivity contribution < 1.29 is 0 Å². The summed E-state index contributed by atoms with van der Waals surface area (Å²) in [6.07, 6.45) is 15.5. The fraction of sp³-hybridized carbons (Fsp3) is 1.00. The largest absolute Gasteiger partial charge is 0.159 e. The first-order valence-electron chi connectivity index (χ1n) is 10.2. The van der Waals surface area contributed by atoms with Crippen LogP contribution in [0.15, 0.2) is 0 Å². The Morgan fingerprint density at radius 2 is 1.77 bits per heavy atom. The van der Waals surface area contributed by atoms with Crippen LogP contribution >= 0.6 is 11.8 Å². The Kier molecular flexibility index (Phi) is 4.11. The molecule has 0 bridgehead atoms. The first-order valence-corrected chi connectivity index (χ1v) is 11.2. The standard InChI is InChI=1S/C21H36S/c1-4-22-16-9-13-21(3)15(14-16)7-8-17-18-6-5-11-20(18,2)12-10-19(17)21/h15-19H,4-14H2,1-3H3/t15-,16?,17-,18-,19-,20-,21-/m0/s1. The Morgan fingerprint density at radius 3 is 2.59 bits per heavy atom. The molecule has 4 aliphatic carbocycles. The van der Waals surface area contributed by atoms with Crippen molar-refractivity contribution in [1.82, 2.24) is 0 Å². The Hall–Kier alpha value is 0.350. The molecule has 7 atom stereocenters. The molecule has 0 spiro atoms. The third-order valence-corrected chi connectivity index (χ3v) is 10.0. The molecule has 1 unspecified atom stereocenters. The van der Waals surface area contributed by atoms with Gasteiger partial charge in [0.2, 0.25) is 0 Å². The number of fused-ring (bicyclic) bond motifs is 5. The predicted octanol–water partition coefficient (Wildman–Crippen LogP) is 6.54. The van der Waals surface area contributed by atoms with Gasteiger partial charge in [-0.1, -0.05) is 27.2 Å². The molecule has 126 valence electrons. The number of thioether (sulfide) groups is 1. The Labute approximate surface area is 142 Å². The second kappa shape index (κ2) is 5.71. The van der Waals surface area contributed by atoms with Crippen LogP contribution in [-0.4, -0.2) is 11.0 Å². The number of rotatable bonds is 2. The highest BCUT2D eigenvalue weighted by Crippen LogP contribution is 2.66. The van der Waals surface area contributed by atoms with Gasteiger partial charge in [-0.25, -0.2) is 0 Å². The quantitative estimate of drug-likeness (QED) is 0.556. The molecule has 0 aliphatic heterocycles. The number of hydrogen-bond acceptors (Lipinski definition) is 1. The smallest absolute Gasteiger partial charge is 0.00499 e. The lowest BCUT2D eigenvalue weighted by molar-refractivity contribution is -0.102. The molecule has 0 amide bonds. The van der Waals surface area contributed by atoms with Gasteiger partial charge >= 0.3 is 0 Å². The molecule has 0 N–H and O–H groups in total. The molecule has 0 radical (unpaired) electrons. The van der Waals surface area contributed by atoms with Crippen LogP contribution in [0.2, 0.25) is 0 Å². The van der Waals surface area contributed by atoms with Crippen molar-refractivity contribution in [3.63, 3.8) is 0 Å². The lowest BCUT2D eigenvalue weighted by atomic mass is 9.45. The van der Waals surface area contributed by atoms with Gasteiger partial charge in [0.1, 0.15) is 0 Å². The molecule has 0 aromatic heterocycles. The van der Waals surface area contributed by atoms with Crippen molar-refractivity contribution in [2.24, 2.45) is 34.5 Å². The van der Waals surface area contributed by atoms with E-state index in [1.54, 1.807) is 44.9 Å². The van der Waals surface area contributed by atoms with Gasteiger partial charge in [0, 0.05) is 5.25 Å². The first kappa shape index (κ1) is 15.9. The maximum Gasteiger partial charge on any atom is 0.00499 e. The summed E-state index contributed by atoms with van der Waals surface area (Å²) in [4.78, 5) is 0. The molecule has 4 fully saturated rings. The van der Waals surface area contributed by atoms with Crippen molar-refractivity contribution in [2.45, 2.75) is 90.2 Å². The van der Waals surface area contributed by atoms with E-state index in [0.29, 0.717) is 5.41 Å². The molecule has 0 heterocycles. The van der Waals surface area contributed by atoms with Crippen molar-refractivity contribution in [1.29, 1.82) is 0 Å². The summed E-state index contributed by atoms with van der Waals surface area (Å²) >= 11 is 2.25. The number of hydrogen-bond donors (Lipinski definition) is 0. The Bertz CT molecular complexity index is 418. The molecule has 0 nitrogen and oxygen atoms in total. The summed E-state index contributed by atoms with van der Waals surface area (Å²) in [6, 6.07) is 0. The van der Waals surface area contributed by atoms with Crippen LogP contribution in [-0.2, 0) is 0 Å². The molecule has 4 rings (SSSR count). The highest BCUT2D eigenvalue weighted by Gasteiger charge is 2.57.